The molecule has 0 radical (unpaired) electrons. The number of rotatable bonds is 3. The molecule has 0 N–H and O–H groups in total. The van der Waals surface area contributed by atoms with Crippen molar-refractivity contribution in [1.82, 2.24) is 4.57 Å². The van der Waals surface area contributed by atoms with Gasteiger partial charge < -0.3 is 4.57 Å². The summed E-state index contributed by atoms with van der Waals surface area (Å²) in [7, 11) is 0. The first-order valence-electron chi connectivity index (χ1n) is 6.69. The standard InChI is InChI=1S/C17H15BrFN/c1-2-12-4-3-5-13-8-9-20(17(12)13)11-14-10-15(18)6-7-16(14)19/h3-10H,2,11H2,1H3. The molecule has 1 aromatic heterocycles. The van der Waals surface area contributed by atoms with Crippen LogP contribution in [0.2, 0.25) is 0 Å². The van der Waals surface area contributed by atoms with Gasteiger partial charge in [0.1, 0.15) is 5.82 Å². The maximum atomic E-state index is 13.9. The third kappa shape index (κ3) is 2.38. The Bertz CT molecular complexity index is 761. The second kappa shape index (κ2) is 5.41. The molecule has 3 aromatic rings. The number of hydrogen-bond donors (Lipinski definition) is 0. The number of nitrogens with zero attached hydrogens (tertiary/aromatic N) is 1. The van der Waals surface area contributed by atoms with Crippen LogP contribution in [0.4, 0.5) is 4.39 Å². The quantitative estimate of drug-likeness (QED) is 0.625. The van der Waals surface area contributed by atoms with Gasteiger partial charge in [-0.05, 0) is 41.6 Å². The number of hydrogen-bond acceptors (Lipinski definition) is 0. The third-order valence-electron chi connectivity index (χ3n) is 3.60. The van der Waals surface area contributed by atoms with Gasteiger partial charge in [0, 0.05) is 16.2 Å². The topological polar surface area (TPSA) is 4.93 Å². The molecule has 0 aliphatic rings. The summed E-state index contributed by atoms with van der Waals surface area (Å²) in [6.45, 7) is 2.69. The van der Waals surface area contributed by atoms with E-state index in [1.165, 1.54) is 22.5 Å². The summed E-state index contributed by atoms with van der Waals surface area (Å²) in [5.41, 5.74) is 3.19. The lowest BCUT2D eigenvalue weighted by molar-refractivity contribution is 0.601. The van der Waals surface area contributed by atoms with Gasteiger partial charge in [-0.25, -0.2) is 4.39 Å². The van der Waals surface area contributed by atoms with E-state index < -0.39 is 0 Å². The van der Waals surface area contributed by atoms with Gasteiger partial charge in [0.2, 0.25) is 0 Å². The average molecular weight is 332 g/mol. The predicted octanol–water partition coefficient (Wildman–Crippen LogP) is 5.15. The van der Waals surface area contributed by atoms with Crippen LogP contribution in [0.3, 0.4) is 0 Å². The Morgan fingerprint density at radius 1 is 1.10 bits per heavy atom. The fourth-order valence-electron chi connectivity index (χ4n) is 2.61. The zero-order chi connectivity index (χ0) is 14.1. The van der Waals surface area contributed by atoms with Crippen LogP contribution < -0.4 is 0 Å². The molecule has 0 bridgehead atoms. The van der Waals surface area contributed by atoms with Crippen molar-refractivity contribution >= 4 is 26.8 Å². The van der Waals surface area contributed by atoms with Crippen molar-refractivity contribution in [3.63, 3.8) is 0 Å². The molecule has 0 saturated carbocycles. The van der Waals surface area contributed by atoms with Crippen LogP contribution in [0.1, 0.15) is 18.1 Å². The number of para-hydroxylation sites is 1. The zero-order valence-electron chi connectivity index (χ0n) is 11.2. The molecule has 0 aliphatic carbocycles. The molecule has 0 amide bonds. The first-order chi connectivity index (χ1) is 9.69. The lowest BCUT2D eigenvalue weighted by Crippen LogP contribution is -2.02. The van der Waals surface area contributed by atoms with Gasteiger partial charge in [-0.2, -0.15) is 0 Å². The number of fused-ring (bicyclic) bond motifs is 1. The number of benzene rings is 2. The van der Waals surface area contributed by atoms with Crippen molar-refractivity contribution < 1.29 is 4.39 Å². The SMILES string of the molecule is CCc1cccc2ccn(Cc3cc(Br)ccc3F)c12. The number of halogens is 2. The Balaban J connectivity index is 2.09. The lowest BCUT2D eigenvalue weighted by atomic mass is 10.1. The van der Waals surface area contributed by atoms with Crippen LogP contribution in [0, 0.1) is 5.82 Å². The lowest BCUT2D eigenvalue weighted by Gasteiger charge is -2.10. The van der Waals surface area contributed by atoms with Crippen molar-refractivity contribution in [1.29, 1.82) is 0 Å². The summed E-state index contributed by atoms with van der Waals surface area (Å²) in [6, 6.07) is 13.5. The summed E-state index contributed by atoms with van der Waals surface area (Å²) < 4.78 is 16.9. The van der Waals surface area contributed by atoms with Crippen LogP contribution in [0.5, 0.6) is 0 Å². The highest BCUT2D eigenvalue weighted by Crippen LogP contribution is 2.23. The van der Waals surface area contributed by atoms with E-state index in [0.29, 0.717) is 12.1 Å². The Hall–Kier alpha value is -1.61. The van der Waals surface area contributed by atoms with Crippen molar-refractivity contribution in [3.05, 3.63) is 70.1 Å². The van der Waals surface area contributed by atoms with Gasteiger partial charge in [-0.1, -0.05) is 41.1 Å². The molecule has 1 nitrogen and oxygen atoms in total. The molecule has 0 saturated heterocycles. The van der Waals surface area contributed by atoms with E-state index >= 15 is 0 Å². The summed E-state index contributed by atoms with van der Waals surface area (Å²) in [4.78, 5) is 0. The normalized spacial score (nSPS) is 11.2. The summed E-state index contributed by atoms with van der Waals surface area (Å²) in [5, 5.41) is 1.21. The zero-order valence-corrected chi connectivity index (χ0v) is 12.8. The van der Waals surface area contributed by atoms with Gasteiger partial charge in [0.15, 0.2) is 0 Å². The molecule has 0 atom stereocenters. The van der Waals surface area contributed by atoms with E-state index in [4.69, 9.17) is 0 Å². The van der Waals surface area contributed by atoms with E-state index in [1.54, 1.807) is 6.07 Å². The van der Waals surface area contributed by atoms with E-state index in [2.05, 4.69) is 51.7 Å². The Labute approximate surface area is 126 Å². The largest absolute Gasteiger partial charge is 0.343 e. The summed E-state index contributed by atoms with van der Waals surface area (Å²) in [6.07, 6.45) is 3.01. The van der Waals surface area contributed by atoms with Crippen molar-refractivity contribution in [2.24, 2.45) is 0 Å². The molecule has 0 aliphatic heterocycles. The van der Waals surface area contributed by atoms with Gasteiger partial charge in [-0.3, -0.25) is 0 Å². The van der Waals surface area contributed by atoms with E-state index in [1.807, 2.05) is 12.3 Å². The molecule has 2 aromatic carbocycles. The van der Waals surface area contributed by atoms with E-state index in [0.717, 1.165) is 10.9 Å². The van der Waals surface area contributed by atoms with Gasteiger partial charge >= 0.3 is 0 Å². The number of aryl methyl sites for hydroxylation is 1. The molecule has 20 heavy (non-hydrogen) atoms. The molecular weight excluding hydrogens is 317 g/mol. The minimum absolute atomic E-state index is 0.163. The first kappa shape index (κ1) is 13.4. The van der Waals surface area contributed by atoms with Crippen molar-refractivity contribution in [2.75, 3.05) is 0 Å². The second-order valence-corrected chi connectivity index (χ2v) is 5.80. The van der Waals surface area contributed by atoms with Gasteiger partial charge in [0.25, 0.3) is 0 Å². The first-order valence-corrected chi connectivity index (χ1v) is 7.49. The monoisotopic (exact) mass is 331 g/mol. The van der Waals surface area contributed by atoms with Gasteiger partial charge in [0.05, 0.1) is 12.1 Å². The van der Waals surface area contributed by atoms with Crippen LogP contribution in [-0.2, 0) is 13.0 Å². The number of aromatic nitrogens is 1. The molecule has 0 spiro atoms. The van der Waals surface area contributed by atoms with Gasteiger partial charge in [-0.15, -0.1) is 0 Å². The summed E-state index contributed by atoms with van der Waals surface area (Å²) >= 11 is 3.40. The summed E-state index contributed by atoms with van der Waals surface area (Å²) in [5.74, 6) is -0.163. The Kier molecular flexibility index (Phi) is 3.62. The highest BCUT2D eigenvalue weighted by molar-refractivity contribution is 9.10. The van der Waals surface area contributed by atoms with E-state index in [9.17, 15) is 4.39 Å². The fraction of sp³-hybridized carbons (Fsp3) is 0.176. The Morgan fingerprint density at radius 3 is 2.75 bits per heavy atom. The molecule has 3 rings (SSSR count). The smallest absolute Gasteiger partial charge is 0.128 e. The fourth-order valence-corrected chi connectivity index (χ4v) is 3.01. The average Bonchev–Trinajstić information content (AvgIpc) is 2.86. The third-order valence-corrected chi connectivity index (χ3v) is 4.09. The van der Waals surface area contributed by atoms with E-state index in [-0.39, 0.29) is 5.82 Å². The van der Waals surface area contributed by atoms with Crippen LogP contribution in [-0.4, -0.2) is 4.57 Å². The minimum Gasteiger partial charge on any atom is -0.343 e. The van der Waals surface area contributed by atoms with Crippen LogP contribution >= 0.6 is 15.9 Å². The molecule has 0 unspecified atom stereocenters. The molecular formula is C17H15BrFN. The molecule has 102 valence electrons. The minimum atomic E-state index is -0.163. The highest BCUT2D eigenvalue weighted by Gasteiger charge is 2.08. The second-order valence-electron chi connectivity index (χ2n) is 4.89. The Morgan fingerprint density at radius 2 is 1.95 bits per heavy atom. The van der Waals surface area contributed by atoms with Crippen molar-refractivity contribution in [3.8, 4) is 0 Å². The maximum absolute atomic E-state index is 13.9. The van der Waals surface area contributed by atoms with Crippen molar-refractivity contribution in [2.45, 2.75) is 19.9 Å². The maximum Gasteiger partial charge on any atom is 0.128 e. The predicted molar refractivity (Wildman–Crippen MR) is 84.5 cm³/mol. The molecule has 3 heteroatoms. The van der Waals surface area contributed by atoms with Crippen LogP contribution in [0.25, 0.3) is 10.9 Å². The van der Waals surface area contributed by atoms with Crippen LogP contribution in [0.15, 0.2) is 53.1 Å². The highest BCUT2D eigenvalue weighted by atomic mass is 79.9. The molecule has 1 heterocycles. The molecule has 0 fully saturated rings.